The van der Waals surface area contributed by atoms with Gasteiger partial charge < -0.3 is 15.8 Å². The summed E-state index contributed by atoms with van der Waals surface area (Å²) in [6.07, 6.45) is 7.38. The lowest BCUT2D eigenvalue weighted by Gasteiger charge is -2.19. The Kier molecular flexibility index (Phi) is 5.87. The molecule has 0 aliphatic heterocycles. The molecule has 0 saturated heterocycles. The maximum atomic E-state index is 8.79. The van der Waals surface area contributed by atoms with Crippen LogP contribution in [0.15, 0.2) is 49.0 Å². The number of aromatic amines is 1. The summed E-state index contributed by atoms with van der Waals surface area (Å²) in [4.78, 5) is 8.10. The number of nitrogens with zero attached hydrogens (tertiary/aromatic N) is 4. The van der Waals surface area contributed by atoms with E-state index >= 15 is 0 Å². The summed E-state index contributed by atoms with van der Waals surface area (Å²) in [5, 5.41) is 19.1. The number of rotatable bonds is 7. The molecule has 4 N–H and O–H groups in total. The zero-order valence-electron chi connectivity index (χ0n) is 15.8. The highest BCUT2D eigenvalue weighted by molar-refractivity contribution is 5.77. The molecule has 2 atom stereocenters. The molecule has 1 fully saturated rings. The van der Waals surface area contributed by atoms with E-state index in [1.165, 1.54) is 12.4 Å². The second-order valence-corrected chi connectivity index (χ2v) is 6.73. The molecule has 2 heterocycles. The largest absolute Gasteiger partial charge is 0.489 e. The van der Waals surface area contributed by atoms with Gasteiger partial charge in [-0.25, -0.2) is 9.97 Å². The number of hydrogen-bond acceptors (Lipinski definition) is 7. The maximum absolute atomic E-state index is 8.79. The third kappa shape index (κ3) is 4.45. The SMILES string of the molecule is C=C/C(=C(/OC1CCC(N)C1)C(=C)C)c1cc(Nc2cnc(C#N)cn2)n[nH]1. The Morgan fingerprint density at radius 3 is 2.79 bits per heavy atom. The average molecular weight is 377 g/mol. The van der Waals surface area contributed by atoms with E-state index in [1.54, 1.807) is 6.08 Å². The van der Waals surface area contributed by atoms with Crippen LogP contribution in [0.1, 0.15) is 37.6 Å². The van der Waals surface area contributed by atoms with Crippen molar-refractivity contribution >= 4 is 17.2 Å². The summed E-state index contributed by atoms with van der Waals surface area (Å²) >= 11 is 0. The summed E-state index contributed by atoms with van der Waals surface area (Å²) < 4.78 is 6.21. The molecule has 0 amide bonds. The molecular weight excluding hydrogens is 354 g/mol. The second kappa shape index (κ2) is 8.50. The summed E-state index contributed by atoms with van der Waals surface area (Å²) in [5.41, 5.74) is 8.57. The normalized spacial score (nSPS) is 19.5. The zero-order chi connectivity index (χ0) is 20.1. The van der Waals surface area contributed by atoms with Crippen LogP contribution in [-0.2, 0) is 4.74 Å². The molecule has 0 radical (unpaired) electrons. The molecule has 144 valence electrons. The van der Waals surface area contributed by atoms with E-state index in [1.807, 2.05) is 19.1 Å². The van der Waals surface area contributed by atoms with Crippen molar-refractivity contribution in [2.24, 2.45) is 5.73 Å². The van der Waals surface area contributed by atoms with E-state index in [-0.39, 0.29) is 17.8 Å². The standard InChI is InChI=1S/C20H23N7O/c1-4-16(20(12(2)3)28-15-6-5-13(22)7-15)17-8-18(27-26-17)25-19-11-23-14(9-21)10-24-19/h4,8,10-11,13,15H,1-2,5-7,22H2,3H3,(H2,24,25,26,27)/b20-16-. The molecule has 1 aliphatic carbocycles. The first kappa shape index (κ1) is 19.3. The minimum absolute atomic E-state index is 0.0751. The summed E-state index contributed by atoms with van der Waals surface area (Å²) in [7, 11) is 0. The molecule has 0 bridgehead atoms. The number of nitrogens with one attached hydrogen (secondary N) is 2. The van der Waals surface area contributed by atoms with Crippen LogP contribution in [0.3, 0.4) is 0 Å². The number of nitriles is 1. The smallest absolute Gasteiger partial charge is 0.158 e. The first-order valence-electron chi connectivity index (χ1n) is 9.00. The van der Waals surface area contributed by atoms with Gasteiger partial charge in [-0.3, -0.25) is 5.10 Å². The lowest BCUT2D eigenvalue weighted by molar-refractivity contribution is 0.128. The van der Waals surface area contributed by atoms with Crippen LogP contribution < -0.4 is 11.1 Å². The lowest BCUT2D eigenvalue weighted by Crippen LogP contribution is -2.17. The van der Waals surface area contributed by atoms with Gasteiger partial charge in [0.15, 0.2) is 11.5 Å². The van der Waals surface area contributed by atoms with E-state index in [0.717, 1.165) is 36.1 Å². The van der Waals surface area contributed by atoms with Gasteiger partial charge in [-0.1, -0.05) is 19.2 Å². The third-order valence-corrected chi connectivity index (χ3v) is 4.44. The third-order valence-electron chi connectivity index (χ3n) is 4.44. The van der Waals surface area contributed by atoms with Crippen molar-refractivity contribution in [2.45, 2.75) is 38.3 Å². The van der Waals surface area contributed by atoms with E-state index in [2.05, 4.69) is 38.6 Å². The van der Waals surface area contributed by atoms with Crippen LogP contribution >= 0.6 is 0 Å². The van der Waals surface area contributed by atoms with Gasteiger partial charge in [0, 0.05) is 17.7 Å². The molecule has 0 aromatic carbocycles. The zero-order valence-corrected chi connectivity index (χ0v) is 15.8. The second-order valence-electron chi connectivity index (χ2n) is 6.73. The minimum Gasteiger partial charge on any atom is -0.489 e. The van der Waals surface area contributed by atoms with Crippen molar-refractivity contribution < 1.29 is 4.74 Å². The van der Waals surface area contributed by atoms with E-state index < -0.39 is 0 Å². The molecular formula is C20H23N7O. The van der Waals surface area contributed by atoms with Gasteiger partial charge in [-0.2, -0.15) is 10.4 Å². The Morgan fingerprint density at radius 2 is 2.21 bits per heavy atom. The van der Waals surface area contributed by atoms with Crippen LogP contribution in [-0.4, -0.2) is 32.3 Å². The van der Waals surface area contributed by atoms with Gasteiger partial charge >= 0.3 is 0 Å². The molecule has 8 heteroatoms. The lowest BCUT2D eigenvalue weighted by atomic mass is 10.1. The van der Waals surface area contributed by atoms with Crippen molar-refractivity contribution in [3.05, 3.63) is 60.4 Å². The van der Waals surface area contributed by atoms with Crippen LogP contribution in [0, 0.1) is 11.3 Å². The Bertz CT molecular complexity index is 936. The summed E-state index contributed by atoms with van der Waals surface area (Å²) in [6.45, 7) is 9.86. The minimum atomic E-state index is 0.0751. The molecule has 28 heavy (non-hydrogen) atoms. The quantitative estimate of drug-likeness (QED) is 0.500. The number of nitrogens with two attached hydrogens (primary N) is 1. The first-order chi connectivity index (χ1) is 13.5. The van der Waals surface area contributed by atoms with Crippen LogP contribution in [0.4, 0.5) is 11.6 Å². The van der Waals surface area contributed by atoms with Crippen molar-refractivity contribution in [1.82, 2.24) is 20.2 Å². The molecule has 2 aromatic rings. The molecule has 2 unspecified atom stereocenters. The highest BCUT2D eigenvalue weighted by Crippen LogP contribution is 2.30. The number of ether oxygens (including phenoxy) is 1. The fraction of sp³-hybridized carbons (Fsp3) is 0.300. The van der Waals surface area contributed by atoms with E-state index in [4.69, 9.17) is 15.7 Å². The number of aromatic nitrogens is 4. The Balaban J connectivity index is 1.82. The molecule has 3 rings (SSSR count). The predicted octanol–water partition coefficient (Wildman–Crippen LogP) is 3.18. The fourth-order valence-corrected chi connectivity index (χ4v) is 3.07. The maximum Gasteiger partial charge on any atom is 0.158 e. The number of H-pyrrole nitrogens is 1. The predicted molar refractivity (Wildman–Crippen MR) is 107 cm³/mol. The number of allylic oxidation sites excluding steroid dienone is 3. The molecule has 1 saturated carbocycles. The van der Waals surface area contributed by atoms with Gasteiger partial charge in [0.25, 0.3) is 0 Å². The van der Waals surface area contributed by atoms with Crippen LogP contribution in [0.5, 0.6) is 0 Å². The highest BCUT2D eigenvalue weighted by Gasteiger charge is 2.25. The van der Waals surface area contributed by atoms with Gasteiger partial charge in [-0.05, 0) is 31.8 Å². The van der Waals surface area contributed by atoms with Crippen LogP contribution in [0.25, 0.3) is 5.57 Å². The molecule has 1 aliphatic rings. The monoisotopic (exact) mass is 377 g/mol. The summed E-state index contributed by atoms with van der Waals surface area (Å²) in [5.74, 6) is 1.72. The van der Waals surface area contributed by atoms with Gasteiger partial charge in [0.05, 0.1) is 18.1 Å². The van der Waals surface area contributed by atoms with Gasteiger partial charge in [0.1, 0.15) is 23.8 Å². The fourth-order valence-electron chi connectivity index (χ4n) is 3.07. The van der Waals surface area contributed by atoms with E-state index in [0.29, 0.717) is 17.4 Å². The Hall–Kier alpha value is -3.44. The molecule has 8 nitrogen and oxygen atoms in total. The summed E-state index contributed by atoms with van der Waals surface area (Å²) in [6, 6.07) is 3.93. The first-order valence-corrected chi connectivity index (χ1v) is 9.00. The van der Waals surface area contributed by atoms with Crippen molar-refractivity contribution in [1.29, 1.82) is 5.26 Å². The van der Waals surface area contributed by atoms with Crippen LogP contribution in [0.2, 0.25) is 0 Å². The molecule has 2 aromatic heterocycles. The van der Waals surface area contributed by atoms with Crippen molar-refractivity contribution in [2.75, 3.05) is 5.32 Å². The van der Waals surface area contributed by atoms with Gasteiger partial charge in [-0.15, -0.1) is 0 Å². The number of anilines is 2. The Labute approximate surface area is 163 Å². The van der Waals surface area contributed by atoms with Gasteiger partial charge in [0.2, 0.25) is 0 Å². The number of hydrogen-bond donors (Lipinski definition) is 3. The van der Waals surface area contributed by atoms with E-state index in [9.17, 15) is 0 Å². The highest BCUT2D eigenvalue weighted by atomic mass is 16.5. The topological polar surface area (TPSA) is 126 Å². The van der Waals surface area contributed by atoms with Crippen molar-refractivity contribution in [3.8, 4) is 6.07 Å². The molecule has 0 spiro atoms. The average Bonchev–Trinajstić information content (AvgIpc) is 3.31. The van der Waals surface area contributed by atoms with Crippen molar-refractivity contribution in [3.63, 3.8) is 0 Å². The Morgan fingerprint density at radius 1 is 1.39 bits per heavy atom.